The maximum absolute atomic E-state index is 10.8. The molecule has 0 heterocycles. The van der Waals surface area contributed by atoms with E-state index in [9.17, 15) is 14.9 Å². The first-order chi connectivity index (χ1) is 8.49. The normalized spacial score (nSPS) is 10.4. The summed E-state index contributed by atoms with van der Waals surface area (Å²) in [6, 6.07) is 2.45. The largest absolute Gasteiger partial charge is 0.478 e. The Morgan fingerprint density at radius 2 is 2.00 bits per heavy atom. The van der Waals surface area contributed by atoms with Gasteiger partial charge in [-0.1, -0.05) is 0 Å². The summed E-state index contributed by atoms with van der Waals surface area (Å²) in [5.74, 6) is -1.22. The Hall–Kier alpha value is -2.19. The van der Waals surface area contributed by atoms with Gasteiger partial charge in [0, 0.05) is 6.07 Å². The lowest BCUT2D eigenvalue weighted by atomic mass is 10.1. The van der Waals surface area contributed by atoms with Crippen LogP contribution in [0.4, 0.5) is 11.4 Å². The minimum Gasteiger partial charge on any atom is -0.478 e. The summed E-state index contributed by atoms with van der Waals surface area (Å²) in [5, 5.41) is 39.8. The molecule has 18 heavy (non-hydrogen) atoms. The molecule has 1 aromatic rings. The summed E-state index contributed by atoms with van der Waals surface area (Å²) >= 11 is 0. The molecule has 0 atom stereocenters. The molecule has 0 spiro atoms. The standard InChI is InChI=1S/C10H12N2O6/c13-4-7(5-14)11-8-3-6(10(15)16)1-2-9(8)12(17)18/h1-3,7,11,13-14H,4-5H2,(H,15,16). The molecule has 0 fully saturated rings. The van der Waals surface area contributed by atoms with Crippen LogP contribution in [0.2, 0.25) is 0 Å². The third-order valence-electron chi connectivity index (χ3n) is 2.24. The van der Waals surface area contributed by atoms with E-state index in [1.807, 2.05) is 0 Å². The number of nitrogens with zero attached hydrogens (tertiary/aromatic N) is 1. The molecule has 0 saturated carbocycles. The fraction of sp³-hybridized carbons (Fsp3) is 0.300. The summed E-state index contributed by atoms with van der Waals surface area (Å²) < 4.78 is 0. The topological polar surface area (TPSA) is 133 Å². The number of carboxylic acids is 1. The number of carboxylic acid groups (broad SMARTS) is 1. The highest BCUT2D eigenvalue weighted by Crippen LogP contribution is 2.26. The third kappa shape index (κ3) is 3.15. The van der Waals surface area contributed by atoms with Gasteiger partial charge in [-0.3, -0.25) is 10.1 Å². The van der Waals surface area contributed by atoms with Crippen LogP contribution in [0, 0.1) is 10.1 Å². The van der Waals surface area contributed by atoms with E-state index in [2.05, 4.69) is 5.32 Å². The van der Waals surface area contributed by atoms with Crippen LogP contribution < -0.4 is 5.32 Å². The van der Waals surface area contributed by atoms with Crippen LogP contribution in [0.1, 0.15) is 10.4 Å². The van der Waals surface area contributed by atoms with E-state index < -0.39 is 30.1 Å². The minimum absolute atomic E-state index is 0.0620. The number of aliphatic hydroxyl groups is 2. The molecule has 0 amide bonds. The first-order valence-corrected chi connectivity index (χ1v) is 4.99. The molecule has 0 saturated heterocycles. The highest BCUT2D eigenvalue weighted by Gasteiger charge is 2.18. The minimum atomic E-state index is -1.22. The number of aliphatic hydroxyl groups excluding tert-OH is 2. The monoisotopic (exact) mass is 256 g/mol. The zero-order valence-corrected chi connectivity index (χ0v) is 9.24. The zero-order valence-electron chi connectivity index (χ0n) is 9.24. The second-order valence-corrected chi connectivity index (χ2v) is 3.50. The summed E-state index contributed by atoms with van der Waals surface area (Å²) in [6.07, 6.45) is 0. The molecule has 4 N–H and O–H groups in total. The molecule has 0 unspecified atom stereocenters. The van der Waals surface area contributed by atoms with Crippen LogP contribution in [0.25, 0.3) is 0 Å². The van der Waals surface area contributed by atoms with Crippen molar-refractivity contribution in [3.8, 4) is 0 Å². The maximum atomic E-state index is 10.8. The number of anilines is 1. The van der Waals surface area contributed by atoms with E-state index in [0.29, 0.717) is 0 Å². The van der Waals surface area contributed by atoms with Gasteiger partial charge in [0.25, 0.3) is 5.69 Å². The fourth-order valence-electron chi connectivity index (χ4n) is 1.31. The van der Waals surface area contributed by atoms with Crippen LogP contribution in [-0.4, -0.2) is 45.5 Å². The second-order valence-electron chi connectivity index (χ2n) is 3.50. The van der Waals surface area contributed by atoms with Crippen molar-refractivity contribution >= 4 is 17.3 Å². The SMILES string of the molecule is O=C(O)c1ccc([N+](=O)[O-])c(NC(CO)CO)c1. The molecule has 1 rings (SSSR count). The third-order valence-corrected chi connectivity index (χ3v) is 2.24. The lowest BCUT2D eigenvalue weighted by molar-refractivity contribution is -0.384. The van der Waals surface area contributed by atoms with Crippen molar-refractivity contribution in [1.29, 1.82) is 0 Å². The molecule has 0 aromatic heterocycles. The smallest absolute Gasteiger partial charge is 0.335 e. The maximum Gasteiger partial charge on any atom is 0.335 e. The van der Waals surface area contributed by atoms with Gasteiger partial charge in [0.1, 0.15) is 5.69 Å². The van der Waals surface area contributed by atoms with E-state index in [1.54, 1.807) is 0 Å². The predicted octanol–water partition coefficient (Wildman–Crippen LogP) is 0.0581. The second kappa shape index (κ2) is 5.94. The van der Waals surface area contributed by atoms with E-state index in [0.717, 1.165) is 18.2 Å². The van der Waals surface area contributed by atoms with Crippen molar-refractivity contribution in [2.45, 2.75) is 6.04 Å². The zero-order chi connectivity index (χ0) is 13.7. The molecule has 0 aliphatic rings. The molecule has 8 heteroatoms. The van der Waals surface area contributed by atoms with Crippen molar-refractivity contribution in [2.75, 3.05) is 18.5 Å². The number of aromatic carboxylic acids is 1. The van der Waals surface area contributed by atoms with Gasteiger partial charge in [0.15, 0.2) is 0 Å². The highest BCUT2D eigenvalue weighted by molar-refractivity contribution is 5.90. The Morgan fingerprint density at radius 1 is 1.39 bits per heavy atom. The highest BCUT2D eigenvalue weighted by atomic mass is 16.6. The number of benzene rings is 1. The summed E-state index contributed by atoms with van der Waals surface area (Å²) in [5.41, 5.74) is -0.516. The number of nitrogens with one attached hydrogen (secondary N) is 1. The van der Waals surface area contributed by atoms with Gasteiger partial charge < -0.3 is 20.6 Å². The van der Waals surface area contributed by atoms with Crippen LogP contribution in [-0.2, 0) is 0 Å². The van der Waals surface area contributed by atoms with Crippen LogP contribution in [0.15, 0.2) is 18.2 Å². The van der Waals surface area contributed by atoms with Gasteiger partial charge >= 0.3 is 5.97 Å². The van der Waals surface area contributed by atoms with Crippen molar-refractivity contribution in [3.05, 3.63) is 33.9 Å². The average molecular weight is 256 g/mol. The fourth-order valence-corrected chi connectivity index (χ4v) is 1.31. The number of nitro benzene ring substituents is 1. The van der Waals surface area contributed by atoms with Crippen molar-refractivity contribution in [2.24, 2.45) is 0 Å². The quantitative estimate of drug-likeness (QED) is 0.417. The van der Waals surface area contributed by atoms with E-state index in [1.165, 1.54) is 0 Å². The Bertz CT molecular complexity index is 458. The Balaban J connectivity index is 3.14. The van der Waals surface area contributed by atoms with Crippen molar-refractivity contribution in [1.82, 2.24) is 0 Å². The molecule has 1 aromatic carbocycles. The van der Waals surface area contributed by atoms with Crippen LogP contribution >= 0.6 is 0 Å². The van der Waals surface area contributed by atoms with Gasteiger partial charge in [-0.05, 0) is 12.1 Å². The molecule has 0 aliphatic heterocycles. The molecule has 0 bridgehead atoms. The first-order valence-electron chi connectivity index (χ1n) is 4.99. The van der Waals surface area contributed by atoms with Gasteiger partial charge in [-0.25, -0.2) is 4.79 Å². The number of hydrogen-bond acceptors (Lipinski definition) is 6. The Kier molecular flexibility index (Phi) is 4.58. The number of hydrogen-bond donors (Lipinski definition) is 4. The number of nitro groups is 1. The molecule has 8 nitrogen and oxygen atoms in total. The van der Waals surface area contributed by atoms with Gasteiger partial charge in [0.2, 0.25) is 0 Å². The van der Waals surface area contributed by atoms with Crippen molar-refractivity contribution in [3.63, 3.8) is 0 Å². The van der Waals surface area contributed by atoms with Gasteiger partial charge in [0.05, 0.1) is 29.7 Å². The molecular weight excluding hydrogens is 244 g/mol. The number of rotatable bonds is 6. The predicted molar refractivity (Wildman–Crippen MR) is 61.6 cm³/mol. The van der Waals surface area contributed by atoms with E-state index >= 15 is 0 Å². The van der Waals surface area contributed by atoms with Crippen LogP contribution in [0.5, 0.6) is 0 Å². The summed E-state index contributed by atoms with van der Waals surface area (Å²) in [6.45, 7) is -0.879. The summed E-state index contributed by atoms with van der Waals surface area (Å²) in [7, 11) is 0. The Labute approximate surface area is 102 Å². The lowest BCUT2D eigenvalue weighted by Gasteiger charge is -2.15. The summed E-state index contributed by atoms with van der Waals surface area (Å²) in [4.78, 5) is 20.8. The van der Waals surface area contributed by atoms with Crippen LogP contribution in [0.3, 0.4) is 0 Å². The number of carbonyl (C=O) groups is 1. The Morgan fingerprint density at radius 3 is 2.44 bits per heavy atom. The van der Waals surface area contributed by atoms with Gasteiger partial charge in [-0.15, -0.1) is 0 Å². The molecule has 0 aliphatic carbocycles. The van der Waals surface area contributed by atoms with Crippen molar-refractivity contribution < 1.29 is 25.0 Å². The van der Waals surface area contributed by atoms with Gasteiger partial charge in [-0.2, -0.15) is 0 Å². The first kappa shape index (κ1) is 13.9. The molecule has 98 valence electrons. The average Bonchev–Trinajstić information content (AvgIpc) is 2.35. The lowest BCUT2D eigenvalue weighted by Crippen LogP contribution is -2.28. The van der Waals surface area contributed by atoms with E-state index in [4.69, 9.17) is 15.3 Å². The van der Waals surface area contributed by atoms with E-state index in [-0.39, 0.29) is 16.9 Å². The molecular formula is C10H12N2O6. The molecule has 0 radical (unpaired) electrons.